The summed E-state index contributed by atoms with van der Waals surface area (Å²) < 4.78 is 19.0. The van der Waals surface area contributed by atoms with Crippen LogP contribution in [0, 0.1) is 0 Å². The highest BCUT2D eigenvalue weighted by molar-refractivity contribution is 8.03. The highest BCUT2D eigenvalue weighted by atomic mass is 32.2. The van der Waals surface area contributed by atoms with Crippen molar-refractivity contribution in [3.63, 3.8) is 0 Å². The van der Waals surface area contributed by atoms with Gasteiger partial charge in [0.25, 0.3) is 0 Å². The summed E-state index contributed by atoms with van der Waals surface area (Å²) in [6, 6.07) is 0. The van der Waals surface area contributed by atoms with Crippen molar-refractivity contribution in [3.05, 3.63) is 36.3 Å². The lowest BCUT2D eigenvalue weighted by atomic mass is 10.1. The van der Waals surface area contributed by atoms with E-state index < -0.39 is 6.17 Å². The molecule has 0 aliphatic carbocycles. The van der Waals surface area contributed by atoms with Crippen LogP contribution in [0.15, 0.2) is 36.3 Å². The first kappa shape index (κ1) is 13.5. The molecule has 1 aliphatic heterocycles. The summed E-state index contributed by atoms with van der Waals surface area (Å²) in [5.41, 5.74) is 5.31. The summed E-state index contributed by atoms with van der Waals surface area (Å²) >= 11 is 1.44. The monoisotopic (exact) mass is 243 g/mol. The summed E-state index contributed by atoms with van der Waals surface area (Å²) in [5.74, 6) is 0. The second kappa shape index (κ2) is 6.89. The molecule has 3 atom stereocenters. The third kappa shape index (κ3) is 4.51. The Hall–Kier alpha value is -0.580. The van der Waals surface area contributed by atoms with Crippen molar-refractivity contribution in [2.24, 2.45) is 5.73 Å². The number of rotatable bonds is 5. The van der Waals surface area contributed by atoms with Gasteiger partial charge in [0.15, 0.2) is 0 Å². The Balaban J connectivity index is 2.44. The molecule has 2 nitrogen and oxygen atoms in total. The van der Waals surface area contributed by atoms with Crippen molar-refractivity contribution in [3.8, 4) is 0 Å². The number of allylic oxidation sites excluding steroid dienone is 3. The van der Waals surface area contributed by atoms with Crippen LogP contribution in [0.1, 0.15) is 12.8 Å². The van der Waals surface area contributed by atoms with E-state index in [2.05, 4.69) is 13.2 Å². The zero-order valence-corrected chi connectivity index (χ0v) is 10.1. The molecule has 1 fully saturated rings. The lowest BCUT2D eigenvalue weighted by molar-refractivity contribution is -0.0300. The molecule has 1 saturated heterocycles. The maximum atomic E-state index is 13.4. The second-order valence-corrected chi connectivity index (χ2v) is 4.96. The Kier molecular flexibility index (Phi) is 5.80. The van der Waals surface area contributed by atoms with Gasteiger partial charge in [-0.05, 0) is 6.08 Å². The zero-order chi connectivity index (χ0) is 12.0. The number of alkyl halides is 1. The van der Waals surface area contributed by atoms with E-state index >= 15 is 0 Å². The second-order valence-electron chi connectivity index (χ2n) is 3.67. The Morgan fingerprint density at radius 2 is 2.31 bits per heavy atom. The van der Waals surface area contributed by atoms with E-state index in [1.165, 1.54) is 11.8 Å². The van der Waals surface area contributed by atoms with E-state index in [9.17, 15) is 4.39 Å². The number of ether oxygens (including phenoxy) is 1. The molecule has 0 amide bonds. The van der Waals surface area contributed by atoms with Gasteiger partial charge in [-0.1, -0.05) is 37.1 Å². The Labute approximate surface area is 100 Å². The summed E-state index contributed by atoms with van der Waals surface area (Å²) in [6.07, 6.45) is 5.12. The average molecular weight is 243 g/mol. The van der Waals surface area contributed by atoms with E-state index in [1.54, 1.807) is 12.2 Å². The SMILES string of the molecule is C=C/C=C\C(=C)SC1CC(F)CC(CN)O1. The van der Waals surface area contributed by atoms with Crippen molar-refractivity contribution in [1.82, 2.24) is 0 Å². The van der Waals surface area contributed by atoms with Crippen LogP contribution in [0.2, 0.25) is 0 Å². The fourth-order valence-corrected chi connectivity index (χ4v) is 2.54. The number of nitrogens with two attached hydrogens (primary N) is 1. The van der Waals surface area contributed by atoms with Gasteiger partial charge in [-0.15, -0.1) is 0 Å². The van der Waals surface area contributed by atoms with Crippen molar-refractivity contribution < 1.29 is 9.13 Å². The fraction of sp³-hybridized carbons (Fsp3) is 0.500. The molecule has 1 heterocycles. The van der Waals surface area contributed by atoms with Crippen molar-refractivity contribution in [2.45, 2.75) is 30.6 Å². The molecule has 0 spiro atoms. The Morgan fingerprint density at radius 1 is 1.56 bits per heavy atom. The molecule has 4 heteroatoms. The van der Waals surface area contributed by atoms with E-state index in [1.807, 2.05) is 6.08 Å². The molecular formula is C12H18FNOS. The molecule has 0 bridgehead atoms. The fourth-order valence-electron chi connectivity index (χ4n) is 1.53. The van der Waals surface area contributed by atoms with Gasteiger partial charge in [-0.3, -0.25) is 0 Å². The Bertz CT molecular complexity index is 280. The minimum atomic E-state index is -0.823. The largest absolute Gasteiger partial charge is 0.362 e. The van der Waals surface area contributed by atoms with Crippen LogP contribution in [0.4, 0.5) is 4.39 Å². The minimum absolute atomic E-state index is 0.169. The zero-order valence-electron chi connectivity index (χ0n) is 9.27. The van der Waals surface area contributed by atoms with Gasteiger partial charge in [0, 0.05) is 24.3 Å². The molecule has 0 aromatic heterocycles. The standard InChI is InChI=1S/C12H18FNOS/c1-3-4-5-9(2)16-12-7-10(13)6-11(8-14)15-12/h3-5,10-12H,1-2,6-8,14H2/b5-4-. The Morgan fingerprint density at radius 3 is 2.94 bits per heavy atom. The maximum Gasteiger partial charge on any atom is 0.110 e. The average Bonchev–Trinajstić information content (AvgIpc) is 2.25. The van der Waals surface area contributed by atoms with Crippen LogP contribution in [-0.4, -0.2) is 24.3 Å². The molecule has 90 valence electrons. The number of hydrogen-bond acceptors (Lipinski definition) is 3. The van der Waals surface area contributed by atoms with Crippen molar-refractivity contribution in [1.29, 1.82) is 0 Å². The van der Waals surface area contributed by atoms with Gasteiger partial charge in [0.2, 0.25) is 0 Å². The maximum absolute atomic E-state index is 13.4. The van der Waals surface area contributed by atoms with Crippen LogP contribution in [0.3, 0.4) is 0 Å². The van der Waals surface area contributed by atoms with Crippen LogP contribution in [-0.2, 0) is 4.74 Å². The molecule has 0 aromatic rings. The normalized spacial score (nSPS) is 30.5. The van der Waals surface area contributed by atoms with Crippen LogP contribution in [0.25, 0.3) is 0 Å². The molecular weight excluding hydrogens is 225 g/mol. The van der Waals surface area contributed by atoms with Gasteiger partial charge < -0.3 is 10.5 Å². The van der Waals surface area contributed by atoms with E-state index in [0.29, 0.717) is 19.4 Å². The first-order valence-corrected chi connectivity index (χ1v) is 6.18. The summed E-state index contributed by atoms with van der Waals surface area (Å²) in [6.45, 7) is 7.80. The lowest BCUT2D eigenvalue weighted by Crippen LogP contribution is -2.36. The summed E-state index contributed by atoms with van der Waals surface area (Å²) in [5, 5.41) is 0. The number of thioether (sulfide) groups is 1. The molecule has 0 aromatic carbocycles. The number of halogens is 1. The molecule has 1 aliphatic rings. The third-order valence-corrected chi connectivity index (χ3v) is 3.28. The van der Waals surface area contributed by atoms with Crippen LogP contribution < -0.4 is 5.73 Å². The topological polar surface area (TPSA) is 35.2 Å². The predicted molar refractivity (Wildman–Crippen MR) is 67.9 cm³/mol. The third-order valence-electron chi connectivity index (χ3n) is 2.27. The molecule has 2 N–H and O–H groups in total. The van der Waals surface area contributed by atoms with Gasteiger partial charge >= 0.3 is 0 Å². The first-order chi connectivity index (χ1) is 7.65. The van der Waals surface area contributed by atoms with E-state index in [-0.39, 0.29) is 11.5 Å². The quantitative estimate of drug-likeness (QED) is 0.754. The molecule has 16 heavy (non-hydrogen) atoms. The smallest absolute Gasteiger partial charge is 0.110 e. The minimum Gasteiger partial charge on any atom is -0.362 e. The molecule has 3 unspecified atom stereocenters. The van der Waals surface area contributed by atoms with E-state index in [0.717, 1.165) is 4.91 Å². The predicted octanol–water partition coefficient (Wildman–Crippen LogP) is 2.78. The van der Waals surface area contributed by atoms with E-state index in [4.69, 9.17) is 10.5 Å². The van der Waals surface area contributed by atoms with Gasteiger partial charge in [0.1, 0.15) is 11.6 Å². The highest BCUT2D eigenvalue weighted by Gasteiger charge is 2.29. The molecule has 0 saturated carbocycles. The van der Waals surface area contributed by atoms with Crippen LogP contribution >= 0.6 is 11.8 Å². The van der Waals surface area contributed by atoms with Gasteiger partial charge in [-0.2, -0.15) is 0 Å². The van der Waals surface area contributed by atoms with Crippen molar-refractivity contribution >= 4 is 11.8 Å². The number of hydrogen-bond donors (Lipinski definition) is 1. The molecule has 0 radical (unpaired) electrons. The van der Waals surface area contributed by atoms with Crippen molar-refractivity contribution in [2.75, 3.05) is 6.54 Å². The van der Waals surface area contributed by atoms with Gasteiger partial charge in [-0.25, -0.2) is 4.39 Å². The lowest BCUT2D eigenvalue weighted by Gasteiger charge is -2.31. The molecule has 1 rings (SSSR count). The first-order valence-electron chi connectivity index (χ1n) is 5.30. The van der Waals surface area contributed by atoms with Gasteiger partial charge in [0.05, 0.1) is 6.10 Å². The summed E-state index contributed by atoms with van der Waals surface area (Å²) in [7, 11) is 0. The highest BCUT2D eigenvalue weighted by Crippen LogP contribution is 2.32. The summed E-state index contributed by atoms with van der Waals surface area (Å²) in [4.78, 5) is 0.842. The van der Waals surface area contributed by atoms with Crippen LogP contribution in [0.5, 0.6) is 0 Å².